The molecule has 8 heteroatoms. The zero-order valence-electron chi connectivity index (χ0n) is 11.6. The zero-order valence-corrected chi connectivity index (χ0v) is 12.4. The van der Waals surface area contributed by atoms with Crippen molar-refractivity contribution < 1.29 is 8.42 Å². The van der Waals surface area contributed by atoms with Crippen molar-refractivity contribution in [3.05, 3.63) is 24.0 Å². The molecular weight excluding hydrogens is 278 g/mol. The first-order valence-corrected chi connectivity index (χ1v) is 8.23. The molecule has 7 nitrogen and oxygen atoms in total. The van der Waals surface area contributed by atoms with Crippen LogP contribution in [0.3, 0.4) is 0 Å². The van der Waals surface area contributed by atoms with Crippen molar-refractivity contribution in [2.24, 2.45) is 0 Å². The van der Waals surface area contributed by atoms with E-state index < -0.39 is 10.2 Å². The van der Waals surface area contributed by atoms with E-state index in [1.165, 1.54) is 17.1 Å². The highest BCUT2D eigenvalue weighted by molar-refractivity contribution is 7.87. The Morgan fingerprint density at radius 1 is 1.45 bits per heavy atom. The second-order valence-corrected chi connectivity index (χ2v) is 6.81. The van der Waals surface area contributed by atoms with E-state index in [-0.39, 0.29) is 6.54 Å². The molecule has 1 aromatic heterocycles. The summed E-state index contributed by atoms with van der Waals surface area (Å²) in [5.41, 5.74) is 0.597. The molecule has 0 atom stereocenters. The maximum Gasteiger partial charge on any atom is 0.279 e. The van der Waals surface area contributed by atoms with Crippen molar-refractivity contribution in [2.45, 2.75) is 31.8 Å². The van der Waals surface area contributed by atoms with E-state index in [4.69, 9.17) is 0 Å². The summed E-state index contributed by atoms with van der Waals surface area (Å²) in [5, 5.41) is 10.9. The van der Waals surface area contributed by atoms with E-state index in [0.717, 1.165) is 13.0 Å². The lowest BCUT2D eigenvalue weighted by atomic mass is 10.4. The third kappa shape index (κ3) is 5.12. The molecule has 0 radical (unpaired) electrons. The smallest absolute Gasteiger partial charge is 0.279 e. The van der Waals surface area contributed by atoms with Gasteiger partial charge in [-0.15, -0.1) is 0 Å². The van der Waals surface area contributed by atoms with Gasteiger partial charge in [-0.1, -0.05) is 0 Å². The molecule has 1 fully saturated rings. The first-order valence-electron chi connectivity index (χ1n) is 6.79. The highest BCUT2D eigenvalue weighted by atomic mass is 32.2. The molecule has 0 unspecified atom stereocenters. The van der Waals surface area contributed by atoms with E-state index in [1.807, 2.05) is 0 Å². The Labute approximate surface area is 120 Å². The van der Waals surface area contributed by atoms with Crippen molar-refractivity contribution in [2.75, 3.05) is 20.1 Å². The largest absolute Gasteiger partial charge is 0.314 e. The Morgan fingerprint density at radius 2 is 2.25 bits per heavy atom. The SMILES string of the molecule is CN(CCCNC1CC1)S(=O)(=O)NCc1cccnn1. The number of nitrogens with one attached hydrogen (secondary N) is 2. The minimum absolute atomic E-state index is 0.154. The second-order valence-electron chi connectivity index (χ2n) is 4.94. The molecule has 20 heavy (non-hydrogen) atoms. The number of nitrogens with zero attached hydrogens (tertiary/aromatic N) is 3. The Balaban J connectivity index is 1.70. The Morgan fingerprint density at radius 3 is 2.90 bits per heavy atom. The van der Waals surface area contributed by atoms with Gasteiger partial charge >= 0.3 is 0 Å². The van der Waals surface area contributed by atoms with Crippen molar-refractivity contribution in [1.82, 2.24) is 24.5 Å². The van der Waals surface area contributed by atoms with Crippen LogP contribution in [0.25, 0.3) is 0 Å². The maximum absolute atomic E-state index is 12.0. The predicted octanol–water partition coefficient (Wildman–Crippen LogP) is -0.115. The Kier molecular flexibility index (Phi) is 5.41. The molecule has 0 bridgehead atoms. The fraction of sp³-hybridized carbons (Fsp3) is 0.667. The molecule has 0 aliphatic heterocycles. The number of aromatic nitrogens is 2. The van der Waals surface area contributed by atoms with Crippen LogP contribution in [0.15, 0.2) is 18.3 Å². The molecule has 0 spiro atoms. The van der Waals surface area contributed by atoms with Gasteiger partial charge < -0.3 is 5.32 Å². The van der Waals surface area contributed by atoms with Gasteiger partial charge in [-0.3, -0.25) is 0 Å². The quantitative estimate of drug-likeness (QED) is 0.621. The molecule has 1 aliphatic carbocycles. The van der Waals surface area contributed by atoms with Crippen LogP contribution < -0.4 is 10.0 Å². The lowest BCUT2D eigenvalue weighted by molar-refractivity contribution is 0.443. The topological polar surface area (TPSA) is 87.2 Å². The average molecular weight is 299 g/mol. The maximum atomic E-state index is 12.0. The van der Waals surface area contributed by atoms with Gasteiger partial charge in [0.1, 0.15) is 0 Å². The van der Waals surface area contributed by atoms with Crippen LogP contribution in [0, 0.1) is 0 Å². The normalized spacial score (nSPS) is 15.7. The van der Waals surface area contributed by atoms with Crippen LogP contribution in [-0.2, 0) is 16.8 Å². The highest BCUT2D eigenvalue weighted by Crippen LogP contribution is 2.18. The summed E-state index contributed by atoms with van der Waals surface area (Å²) < 4.78 is 27.8. The highest BCUT2D eigenvalue weighted by Gasteiger charge is 2.20. The summed E-state index contributed by atoms with van der Waals surface area (Å²) in [6.45, 7) is 1.51. The van der Waals surface area contributed by atoms with Crippen LogP contribution in [0.2, 0.25) is 0 Å². The lowest BCUT2D eigenvalue weighted by Gasteiger charge is -2.17. The van der Waals surface area contributed by atoms with Crippen molar-refractivity contribution in [3.8, 4) is 0 Å². The van der Waals surface area contributed by atoms with Crippen LogP contribution in [0.4, 0.5) is 0 Å². The molecule has 1 aromatic rings. The van der Waals surface area contributed by atoms with E-state index in [9.17, 15) is 8.42 Å². The molecule has 2 N–H and O–H groups in total. The second kappa shape index (κ2) is 7.07. The summed E-state index contributed by atoms with van der Waals surface area (Å²) in [6.07, 6.45) is 4.84. The Bertz CT molecular complexity index is 504. The van der Waals surface area contributed by atoms with E-state index >= 15 is 0 Å². The fourth-order valence-corrected chi connectivity index (χ4v) is 2.64. The van der Waals surface area contributed by atoms with E-state index in [0.29, 0.717) is 18.3 Å². The molecule has 0 amide bonds. The standard InChI is InChI=1S/C12H21N5O2S/c1-17(9-3-7-13-11-5-6-11)20(18,19)15-10-12-4-2-8-14-16-12/h2,4,8,11,13,15H,3,5-7,9-10H2,1H3. The van der Waals surface area contributed by atoms with Crippen LogP contribution in [0.1, 0.15) is 25.0 Å². The summed E-state index contributed by atoms with van der Waals surface area (Å²) in [4.78, 5) is 0. The third-order valence-electron chi connectivity index (χ3n) is 3.13. The van der Waals surface area contributed by atoms with Crippen molar-refractivity contribution in [3.63, 3.8) is 0 Å². The summed E-state index contributed by atoms with van der Waals surface area (Å²) in [5.74, 6) is 0. The summed E-state index contributed by atoms with van der Waals surface area (Å²) in [6, 6.07) is 4.12. The lowest BCUT2D eigenvalue weighted by Crippen LogP contribution is -2.39. The molecule has 1 aliphatic rings. The number of hydrogen-bond donors (Lipinski definition) is 2. The zero-order chi connectivity index (χ0) is 14.4. The minimum atomic E-state index is -3.46. The van der Waals surface area contributed by atoms with Crippen molar-refractivity contribution >= 4 is 10.2 Å². The molecule has 0 aromatic carbocycles. The summed E-state index contributed by atoms with van der Waals surface area (Å²) in [7, 11) is -1.88. The van der Waals surface area contributed by atoms with Crippen LogP contribution in [-0.4, -0.2) is 49.1 Å². The fourth-order valence-electron chi connectivity index (χ4n) is 1.72. The number of hydrogen-bond acceptors (Lipinski definition) is 5. The van der Waals surface area contributed by atoms with Gasteiger partial charge in [0.2, 0.25) is 0 Å². The van der Waals surface area contributed by atoms with Gasteiger partial charge in [0.25, 0.3) is 10.2 Å². The van der Waals surface area contributed by atoms with Gasteiger partial charge in [-0.25, -0.2) is 0 Å². The number of rotatable bonds is 9. The average Bonchev–Trinajstić information content (AvgIpc) is 3.26. The van der Waals surface area contributed by atoms with Crippen molar-refractivity contribution in [1.29, 1.82) is 0 Å². The first-order chi connectivity index (χ1) is 9.58. The molecule has 1 saturated carbocycles. The predicted molar refractivity (Wildman–Crippen MR) is 76.1 cm³/mol. The van der Waals surface area contributed by atoms with Gasteiger partial charge in [-0.2, -0.15) is 27.6 Å². The van der Waals surface area contributed by atoms with Crippen LogP contribution in [0.5, 0.6) is 0 Å². The van der Waals surface area contributed by atoms with Gasteiger partial charge in [0.15, 0.2) is 0 Å². The van der Waals surface area contributed by atoms with Crippen LogP contribution >= 0.6 is 0 Å². The molecule has 112 valence electrons. The first kappa shape index (κ1) is 15.3. The van der Waals surface area contributed by atoms with E-state index in [1.54, 1.807) is 25.4 Å². The summed E-state index contributed by atoms with van der Waals surface area (Å²) >= 11 is 0. The molecule has 0 saturated heterocycles. The Hall–Kier alpha value is -1.09. The van der Waals surface area contributed by atoms with Gasteiger partial charge in [-0.05, 0) is 37.9 Å². The monoisotopic (exact) mass is 299 g/mol. The molecular formula is C12H21N5O2S. The van der Waals surface area contributed by atoms with Gasteiger partial charge in [0.05, 0.1) is 12.2 Å². The third-order valence-corrected chi connectivity index (χ3v) is 4.65. The minimum Gasteiger partial charge on any atom is -0.314 e. The molecule has 2 rings (SSSR count). The van der Waals surface area contributed by atoms with Gasteiger partial charge in [0, 0.05) is 25.8 Å². The van der Waals surface area contributed by atoms with E-state index in [2.05, 4.69) is 20.2 Å². The molecule has 1 heterocycles.